The lowest BCUT2D eigenvalue weighted by Crippen LogP contribution is -2.40. The SMILES string of the molecule is COc1ccc([C@H]2C(C(=O)Nc3ccccc3)=C(C)N=c3s/c(=C/c4ccc(OCc5ccc6c(c5)OCO6)c(OC)c4)c(=O)n32)cc1. The number of hydrogen-bond acceptors (Lipinski definition) is 9. The van der Waals surface area contributed by atoms with Gasteiger partial charge in [-0.15, -0.1) is 0 Å². The van der Waals surface area contributed by atoms with E-state index in [1.807, 2.05) is 91.0 Å². The van der Waals surface area contributed by atoms with E-state index in [2.05, 4.69) is 5.32 Å². The van der Waals surface area contributed by atoms with Crippen LogP contribution in [0.25, 0.3) is 6.08 Å². The number of carbonyl (C=O) groups excluding carboxylic acids is 1. The smallest absolute Gasteiger partial charge is 0.271 e. The second-order valence-corrected chi connectivity index (χ2v) is 12.1. The van der Waals surface area contributed by atoms with Crippen LogP contribution in [0.4, 0.5) is 5.69 Å². The number of rotatable bonds is 9. The normalized spacial score (nSPS) is 15.1. The molecule has 2 aliphatic heterocycles. The van der Waals surface area contributed by atoms with Gasteiger partial charge < -0.3 is 29.0 Å². The fraction of sp³-hybridized carbons (Fsp3) is 0.162. The molecule has 0 spiro atoms. The lowest BCUT2D eigenvalue weighted by Gasteiger charge is -2.25. The van der Waals surface area contributed by atoms with Crippen LogP contribution >= 0.6 is 11.3 Å². The van der Waals surface area contributed by atoms with E-state index in [4.69, 9.17) is 28.7 Å². The second-order valence-electron chi connectivity index (χ2n) is 11.1. The molecule has 0 bridgehead atoms. The van der Waals surface area contributed by atoms with Gasteiger partial charge in [-0.3, -0.25) is 14.2 Å². The highest BCUT2D eigenvalue weighted by molar-refractivity contribution is 7.07. The maximum Gasteiger partial charge on any atom is 0.271 e. The Kier molecular flexibility index (Phi) is 8.43. The Balaban J connectivity index is 1.22. The van der Waals surface area contributed by atoms with E-state index in [9.17, 15) is 9.59 Å². The molecule has 0 fully saturated rings. The molecule has 1 amide bonds. The first-order valence-electron chi connectivity index (χ1n) is 15.1. The van der Waals surface area contributed by atoms with Crippen LogP contribution in [-0.4, -0.2) is 31.5 Å². The zero-order valence-electron chi connectivity index (χ0n) is 26.4. The summed E-state index contributed by atoms with van der Waals surface area (Å²) in [5, 5.41) is 2.97. The number of amides is 1. The Hall–Kier alpha value is -5.81. The van der Waals surface area contributed by atoms with Crippen LogP contribution in [-0.2, 0) is 11.4 Å². The molecule has 0 unspecified atom stereocenters. The number of thiazole rings is 1. The summed E-state index contributed by atoms with van der Waals surface area (Å²) in [5.41, 5.74) is 3.71. The van der Waals surface area contributed by atoms with Crippen molar-refractivity contribution in [3.63, 3.8) is 0 Å². The van der Waals surface area contributed by atoms with Crippen molar-refractivity contribution in [2.75, 3.05) is 26.3 Å². The maximum atomic E-state index is 14.1. The fourth-order valence-electron chi connectivity index (χ4n) is 5.67. The van der Waals surface area contributed by atoms with E-state index in [1.165, 1.54) is 11.3 Å². The molecular formula is C37H31N3O7S. The molecule has 0 radical (unpaired) electrons. The van der Waals surface area contributed by atoms with Gasteiger partial charge in [-0.1, -0.05) is 53.8 Å². The van der Waals surface area contributed by atoms with Crippen LogP contribution in [0.5, 0.6) is 28.7 Å². The van der Waals surface area contributed by atoms with Gasteiger partial charge in [-0.2, -0.15) is 0 Å². The number of carbonyl (C=O) groups is 1. The van der Waals surface area contributed by atoms with Crippen molar-refractivity contribution in [1.29, 1.82) is 0 Å². The lowest BCUT2D eigenvalue weighted by molar-refractivity contribution is -0.113. The largest absolute Gasteiger partial charge is 0.497 e. The molecule has 48 heavy (non-hydrogen) atoms. The average molecular weight is 662 g/mol. The zero-order chi connectivity index (χ0) is 33.2. The molecule has 10 nitrogen and oxygen atoms in total. The minimum absolute atomic E-state index is 0.208. The molecule has 0 aliphatic carbocycles. The molecule has 1 aromatic heterocycles. The fourth-order valence-corrected chi connectivity index (χ4v) is 6.72. The summed E-state index contributed by atoms with van der Waals surface area (Å²) in [6.45, 7) is 2.30. The summed E-state index contributed by atoms with van der Waals surface area (Å²) in [6.07, 6.45) is 1.79. The van der Waals surface area contributed by atoms with Crippen LogP contribution in [0.1, 0.15) is 29.7 Å². The molecule has 1 atom stereocenters. The zero-order valence-corrected chi connectivity index (χ0v) is 27.2. The van der Waals surface area contributed by atoms with Crippen LogP contribution in [0, 0.1) is 0 Å². The van der Waals surface area contributed by atoms with Crippen molar-refractivity contribution in [3.05, 3.63) is 139 Å². The second kappa shape index (κ2) is 13.1. The van der Waals surface area contributed by atoms with Gasteiger partial charge >= 0.3 is 0 Å². The van der Waals surface area contributed by atoms with Gasteiger partial charge in [-0.25, -0.2) is 4.99 Å². The number of para-hydroxylation sites is 1. The highest BCUT2D eigenvalue weighted by atomic mass is 32.1. The van der Waals surface area contributed by atoms with Gasteiger partial charge in [0.25, 0.3) is 11.5 Å². The van der Waals surface area contributed by atoms with Crippen molar-refractivity contribution >= 4 is 29.0 Å². The van der Waals surface area contributed by atoms with E-state index in [0.717, 1.165) is 16.7 Å². The van der Waals surface area contributed by atoms with E-state index in [-0.39, 0.29) is 18.3 Å². The third kappa shape index (κ3) is 6.03. The number of nitrogens with zero attached hydrogens (tertiary/aromatic N) is 2. The standard InChI is InChI=1S/C37H31N3O7S/c1-22-33(35(41)39-26-7-5-4-6-8-26)34(25-11-13-27(43-2)14-12-25)40-36(42)32(48-37(40)38-22)19-23-9-15-28(30(17-23)44-3)45-20-24-10-16-29-31(18-24)47-21-46-29/h4-19,34H,20-21H2,1-3H3,(H,39,41)/b32-19+/t34-/m0/s1. The molecule has 0 saturated carbocycles. The number of allylic oxidation sites excluding steroid dienone is 1. The summed E-state index contributed by atoms with van der Waals surface area (Å²) in [6, 6.07) is 27.0. The molecule has 7 rings (SSSR count). The summed E-state index contributed by atoms with van der Waals surface area (Å²) in [5.74, 6) is 2.80. The van der Waals surface area contributed by atoms with Crippen molar-refractivity contribution in [1.82, 2.24) is 4.57 Å². The van der Waals surface area contributed by atoms with Crippen LogP contribution in [0.2, 0.25) is 0 Å². The van der Waals surface area contributed by atoms with E-state index in [0.29, 0.717) is 61.6 Å². The number of methoxy groups -OCH3 is 2. The Morgan fingerprint density at radius 3 is 2.52 bits per heavy atom. The first-order valence-corrected chi connectivity index (χ1v) is 16.0. The monoisotopic (exact) mass is 661 g/mol. The number of fused-ring (bicyclic) bond motifs is 2. The first-order chi connectivity index (χ1) is 23.4. The van der Waals surface area contributed by atoms with E-state index < -0.39 is 6.04 Å². The molecule has 242 valence electrons. The topological polar surface area (TPSA) is 110 Å². The molecule has 4 aromatic carbocycles. The Morgan fingerprint density at radius 1 is 0.958 bits per heavy atom. The molecule has 3 heterocycles. The Labute approximate surface area is 279 Å². The van der Waals surface area contributed by atoms with Crippen molar-refractivity contribution in [2.45, 2.75) is 19.6 Å². The van der Waals surface area contributed by atoms with Crippen molar-refractivity contribution in [2.24, 2.45) is 4.99 Å². The quantitative estimate of drug-likeness (QED) is 0.231. The molecule has 5 aromatic rings. The van der Waals surface area contributed by atoms with Crippen molar-refractivity contribution < 1.29 is 28.5 Å². The van der Waals surface area contributed by atoms with Gasteiger partial charge in [-0.05, 0) is 78.2 Å². The predicted molar refractivity (Wildman–Crippen MR) is 182 cm³/mol. The highest BCUT2D eigenvalue weighted by Crippen LogP contribution is 2.35. The summed E-state index contributed by atoms with van der Waals surface area (Å²) in [7, 11) is 3.16. The molecule has 2 aliphatic rings. The molecular weight excluding hydrogens is 630 g/mol. The van der Waals surface area contributed by atoms with Gasteiger partial charge in [0.15, 0.2) is 27.8 Å². The number of hydrogen-bond donors (Lipinski definition) is 1. The van der Waals surface area contributed by atoms with E-state index in [1.54, 1.807) is 31.8 Å². The summed E-state index contributed by atoms with van der Waals surface area (Å²) < 4.78 is 30.0. The summed E-state index contributed by atoms with van der Waals surface area (Å²) in [4.78, 5) is 33.2. The molecule has 1 N–H and O–H groups in total. The molecule has 11 heteroatoms. The minimum atomic E-state index is -0.709. The number of benzene rings is 4. The van der Waals surface area contributed by atoms with Crippen LogP contribution in [0.15, 0.2) is 112 Å². The van der Waals surface area contributed by atoms with Crippen LogP contribution < -0.4 is 43.9 Å². The number of anilines is 1. The van der Waals surface area contributed by atoms with Gasteiger partial charge in [0.05, 0.1) is 36.1 Å². The number of aromatic nitrogens is 1. The highest BCUT2D eigenvalue weighted by Gasteiger charge is 2.32. The van der Waals surface area contributed by atoms with Gasteiger partial charge in [0.2, 0.25) is 6.79 Å². The van der Waals surface area contributed by atoms with Crippen molar-refractivity contribution in [3.8, 4) is 28.7 Å². The third-order valence-corrected chi connectivity index (χ3v) is 9.03. The minimum Gasteiger partial charge on any atom is -0.497 e. The average Bonchev–Trinajstić information content (AvgIpc) is 3.70. The lowest BCUT2D eigenvalue weighted by atomic mass is 9.95. The number of ether oxygens (including phenoxy) is 5. The molecule has 0 saturated heterocycles. The Bertz CT molecular complexity index is 2220. The Morgan fingerprint density at radius 2 is 1.75 bits per heavy atom. The van der Waals surface area contributed by atoms with Gasteiger partial charge in [0, 0.05) is 5.69 Å². The third-order valence-electron chi connectivity index (χ3n) is 8.05. The summed E-state index contributed by atoms with van der Waals surface area (Å²) >= 11 is 1.26. The first kappa shape index (κ1) is 30.8. The number of nitrogens with one attached hydrogen (secondary N) is 1. The predicted octanol–water partition coefficient (Wildman–Crippen LogP) is 5.20. The maximum absolute atomic E-state index is 14.1. The van der Waals surface area contributed by atoms with Crippen LogP contribution in [0.3, 0.4) is 0 Å². The van der Waals surface area contributed by atoms with E-state index >= 15 is 0 Å². The van der Waals surface area contributed by atoms with Gasteiger partial charge in [0.1, 0.15) is 12.4 Å².